The average molecular weight is 414 g/mol. The van der Waals surface area contributed by atoms with Crippen LogP contribution in [0.25, 0.3) is 11.1 Å². The minimum absolute atomic E-state index is 0.0429. The lowest BCUT2D eigenvalue weighted by molar-refractivity contribution is -0.274. The minimum atomic E-state index is -4.74. The Morgan fingerprint density at radius 1 is 0.800 bits per heavy atom. The Labute approximate surface area is 173 Å². The van der Waals surface area contributed by atoms with Crippen LogP contribution in [0.2, 0.25) is 0 Å². The van der Waals surface area contributed by atoms with Crippen LogP contribution in [0.5, 0.6) is 17.2 Å². The highest BCUT2D eigenvalue weighted by Gasteiger charge is 2.31. The summed E-state index contributed by atoms with van der Waals surface area (Å²) in [5.74, 6) is 0.712. The second kappa shape index (κ2) is 8.22. The molecule has 0 aliphatic heterocycles. The summed E-state index contributed by atoms with van der Waals surface area (Å²) in [7, 11) is 0. The summed E-state index contributed by atoms with van der Waals surface area (Å²) in [6.45, 7) is 6.30. The summed E-state index contributed by atoms with van der Waals surface area (Å²) in [5.41, 5.74) is 2.72. The second-order valence-electron chi connectivity index (χ2n) is 7.82. The lowest BCUT2D eigenvalue weighted by Gasteiger charge is -2.20. The molecule has 0 atom stereocenters. The Bertz CT molecular complexity index is 1030. The van der Waals surface area contributed by atoms with Gasteiger partial charge in [0.1, 0.15) is 17.2 Å². The molecule has 30 heavy (non-hydrogen) atoms. The molecule has 156 valence electrons. The van der Waals surface area contributed by atoms with Crippen molar-refractivity contribution in [1.82, 2.24) is 0 Å². The van der Waals surface area contributed by atoms with Crippen molar-refractivity contribution in [2.45, 2.75) is 32.5 Å². The molecule has 0 spiro atoms. The third kappa shape index (κ3) is 5.41. The van der Waals surface area contributed by atoms with Crippen LogP contribution in [-0.2, 0) is 5.41 Å². The highest BCUT2D eigenvalue weighted by atomic mass is 19.4. The number of carbonyl (C=O) groups is 1. The summed E-state index contributed by atoms with van der Waals surface area (Å²) in [6, 6.07) is 18.2. The number of alkyl halides is 3. The Morgan fingerprint density at radius 3 is 2.07 bits per heavy atom. The number of benzene rings is 3. The lowest BCUT2D eigenvalue weighted by atomic mass is 9.87. The molecule has 3 aromatic carbocycles. The number of hydrogen-bond acceptors (Lipinski definition) is 3. The van der Waals surface area contributed by atoms with Gasteiger partial charge in [0.15, 0.2) is 6.29 Å². The van der Waals surface area contributed by atoms with Crippen LogP contribution in [0, 0.1) is 0 Å². The summed E-state index contributed by atoms with van der Waals surface area (Å²) in [4.78, 5) is 11.6. The molecule has 0 fully saturated rings. The first-order chi connectivity index (χ1) is 14.0. The third-order valence-corrected chi connectivity index (χ3v) is 4.49. The van der Waals surface area contributed by atoms with Crippen LogP contribution in [-0.4, -0.2) is 12.6 Å². The van der Waals surface area contributed by atoms with Crippen LogP contribution in [0.15, 0.2) is 66.7 Å². The van der Waals surface area contributed by atoms with Gasteiger partial charge < -0.3 is 9.47 Å². The van der Waals surface area contributed by atoms with Crippen molar-refractivity contribution in [2.24, 2.45) is 0 Å². The van der Waals surface area contributed by atoms with E-state index in [2.05, 4.69) is 25.5 Å². The fourth-order valence-electron chi connectivity index (χ4n) is 2.92. The van der Waals surface area contributed by atoms with E-state index in [0.29, 0.717) is 34.5 Å². The molecule has 3 rings (SSSR count). The molecule has 3 nitrogen and oxygen atoms in total. The molecule has 0 unspecified atom stereocenters. The summed E-state index contributed by atoms with van der Waals surface area (Å²) < 4.78 is 46.7. The van der Waals surface area contributed by atoms with Crippen LogP contribution in [0.3, 0.4) is 0 Å². The fourth-order valence-corrected chi connectivity index (χ4v) is 2.92. The first-order valence-electron chi connectivity index (χ1n) is 9.29. The number of aldehydes is 1. The molecule has 3 aromatic rings. The molecule has 0 heterocycles. The zero-order chi connectivity index (χ0) is 21.9. The van der Waals surface area contributed by atoms with Crippen molar-refractivity contribution in [2.75, 3.05) is 0 Å². The molecule has 0 N–H and O–H groups in total. The molecule has 0 aromatic heterocycles. The summed E-state index contributed by atoms with van der Waals surface area (Å²) in [6.07, 6.45) is -4.05. The topological polar surface area (TPSA) is 35.5 Å². The van der Waals surface area contributed by atoms with E-state index in [4.69, 9.17) is 4.74 Å². The Balaban J connectivity index is 1.84. The van der Waals surface area contributed by atoms with Gasteiger partial charge in [0, 0.05) is 0 Å². The maximum atomic E-state index is 12.3. The fraction of sp³-hybridized carbons (Fsp3) is 0.208. The van der Waals surface area contributed by atoms with Crippen LogP contribution in [0.1, 0.15) is 36.7 Å². The van der Waals surface area contributed by atoms with Gasteiger partial charge in [-0.15, -0.1) is 13.2 Å². The highest BCUT2D eigenvalue weighted by molar-refractivity contribution is 5.83. The van der Waals surface area contributed by atoms with Crippen molar-refractivity contribution in [1.29, 1.82) is 0 Å². The van der Waals surface area contributed by atoms with Gasteiger partial charge in [0.2, 0.25) is 0 Å². The molecule has 0 amide bonds. The lowest BCUT2D eigenvalue weighted by Crippen LogP contribution is -2.16. The maximum absolute atomic E-state index is 12.3. The van der Waals surface area contributed by atoms with E-state index in [1.54, 1.807) is 18.2 Å². The SMILES string of the molecule is CC(C)(C)c1cccc(Oc2ccc(-c3ccc(OC(F)(F)F)cc3)cc2C=O)c1. The van der Waals surface area contributed by atoms with E-state index in [0.717, 1.165) is 5.56 Å². The zero-order valence-electron chi connectivity index (χ0n) is 16.8. The Kier molecular flexibility index (Phi) is 5.87. The van der Waals surface area contributed by atoms with Gasteiger partial charge in [-0.25, -0.2) is 0 Å². The van der Waals surface area contributed by atoms with Gasteiger partial charge >= 0.3 is 6.36 Å². The van der Waals surface area contributed by atoms with Crippen LogP contribution < -0.4 is 9.47 Å². The van der Waals surface area contributed by atoms with Gasteiger partial charge in [-0.05, 0) is 58.5 Å². The number of rotatable bonds is 5. The third-order valence-electron chi connectivity index (χ3n) is 4.49. The van der Waals surface area contributed by atoms with Crippen molar-refractivity contribution >= 4 is 6.29 Å². The molecule has 0 bridgehead atoms. The van der Waals surface area contributed by atoms with Crippen LogP contribution >= 0.6 is 0 Å². The van der Waals surface area contributed by atoms with Crippen molar-refractivity contribution in [3.63, 3.8) is 0 Å². The van der Waals surface area contributed by atoms with Gasteiger partial charge in [0.05, 0.1) is 5.56 Å². The number of carbonyl (C=O) groups excluding carboxylic acids is 1. The monoisotopic (exact) mass is 414 g/mol. The van der Waals surface area contributed by atoms with Gasteiger partial charge in [-0.3, -0.25) is 4.79 Å². The van der Waals surface area contributed by atoms with Gasteiger partial charge in [-0.2, -0.15) is 0 Å². The van der Waals surface area contributed by atoms with Gasteiger partial charge in [-0.1, -0.05) is 51.1 Å². The quantitative estimate of drug-likeness (QED) is 0.416. The van der Waals surface area contributed by atoms with Crippen molar-refractivity contribution < 1.29 is 27.4 Å². The largest absolute Gasteiger partial charge is 0.573 e. The molecule has 0 saturated carbocycles. The van der Waals surface area contributed by atoms with E-state index in [1.807, 2.05) is 24.3 Å². The van der Waals surface area contributed by atoms with Crippen molar-refractivity contribution in [3.05, 3.63) is 77.9 Å². The summed E-state index contributed by atoms with van der Waals surface area (Å²) >= 11 is 0. The minimum Gasteiger partial charge on any atom is -0.457 e. The van der Waals surface area contributed by atoms with E-state index < -0.39 is 6.36 Å². The van der Waals surface area contributed by atoms with Crippen molar-refractivity contribution in [3.8, 4) is 28.4 Å². The van der Waals surface area contributed by atoms with E-state index in [-0.39, 0.29) is 11.2 Å². The first kappa shape index (κ1) is 21.4. The average Bonchev–Trinajstić information content (AvgIpc) is 2.67. The van der Waals surface area contributed by atoms with E-state index >= 15 is 0 Å². The molecule has 0 radical (unpaired) electrons. The molecule has 0 aliphatic rings. The number of halogens is 3. The Hall–Kier alpha value is -3.28. The smallest absolute Gasteiger partial charge is 0.457 e. The molecular weight excluding hydrogens is 393 g/mol. The predicted molar refractivity (Wildman–Crippen MR) is 109 cm³/mol. The highest BCUT2D eigenvalue weighted by Crippen LogP contribution is 2.33. The number of ether oxygens (including phenoxy) is 2. The second-order valence-corrected chi connectivity index (χ2v) is 7.82. The van der Waals surface area contributed by atoms with E-state index in [1.165, 1.54) is 24.3 Å². The maximum Gasteiger partial charge on any atom is 0.573 e. The predicted octanol–water partition coefficient (Wildman–Crippen LogP) is 7.15. The number of hydrogen-bond donors (Lipinski definition) is 0. The Morgan fingerprint density at radius 2 is 1.47 bits per heavy atom. The molecule has 0 saturated heterocycles. The molecular formula is C24H21F3O3. The summed E-state index contributed by atoms with van der Waals surface area (Å²) in [5, 5.41) is 0. The standard InChI is InChI=1S/C24H21F3O3/c1-23(2,3)19-5-4-6-21(14-19)29-22-12-9-17(13-18(22)15-28)16-7-10-20(11-8-16)30-24(25,26)27/h4-15H,1-3H3. The molecule has 6 heteroatoms. The van der Waals surface area contributed by atoms with Crippen LogP contribution in [0.4, 0.5) is 13.2 Å². The normalized spacial score (nSPS) is 11.8. The van der Waals surface area contributed by atoms with Gasteiger partial charge in [0.25, 0.3) is 0 Å². The molecule has 0 aliphatic carbocycles. The zero-order valence-corrected chi connectivity index (χ0v) is 16.8. The first-order valence-corrected chi connectivity index (χ1v) is 9.29. The van der Waals surface area contributed by atoms with E-state index in [9.17, 15) is 18.0 Å².